The molecule has 0 fully saturated rings. The number of rotatable bonds is 1. The van der Waals surface area contributed by atoms with Crippen LogP contribution in [0.25, 0.3) is 76.9 Å². The Morgan fingerprint density at radius 2 is 1.11 bits per heavy atom. The topological polar surface area (TPSA) is 26.3 Å². The van der Waals surface area contributed by atoms with Gasteiger partial charge in [0, 0.05) is 38.1 Å². The summed E-state index contributed by atoms with van der Waals surface area (Å²) in [6.45, 7) is 0. The second kappa shape index (κ2) is 6.89. The van der Waals surface area contributed by atoms with E-state index in [0.29, 0.717) is 0 Å². The van der Waals surface area contributed by atoms with Crippen LogP contribution < -0.4 is 0 Å². The van der Waals surface area contributed by atoms with Crippen LogP contribution >= 0.6 is 0 Å². The standard InChI is InChI=1S/C35H20O2/c1-2-9-22-20(8-1)18-21-16-17-28-30-19-29(23-10-3-4-12-25(23)34(30)37-35(28)32(21)22)27-14-7-13-26-24-11-5-6-15-31(24)36-33(26)27/h1-17,19H,18H2. The molecule has 0 spiro atoms. The van der Waals surface area contributed by atoms with Crippen molar-refractivity contribution in [1.29, 1.82) is 0 Å². The molecule has 0 radical (unpaired) electrons. The lowest BCUT2D eigenvalue weighted by Crippen LogP contribution is -1.84. The average Bonchev–Trinajstić information content (AvgIpc) is 3.63. The Bertz CT molecular complexity index is 2220. The highest BCUT2D eigenvalue weighted by atomic mass is 16.3. The third-order valence-corrected chi connectivity index (χ3v) is 8.10. The van der Waals surface area contributed by atoms with Gasteiger partial charge < -0.3 is 8.83 Å². The molecule has 0 saturated carbocycles. The van der Waals surface area contributed by atoms with Crippen LogP contribution in [0.3, 0.4) is 0 Å². The molecular formula is C35H20O2. The van der Waals surface area contributed by atoms with Crippen molar-refractivity contribution in [1.82, 2.24) is 0 Å². The number of para-hydroxylation sites is 2. The molecular weight excluding hydrogens is 452 g/mol. The summed E-state index contributed by atoms with van der Waals surface area (Å²) in [5.41, 5.74) is 11.3. The van der Waals surface area contributed by atoms with Crippen molar-refractivity contribution in [3.63, 3.8) is 0 Å². The summed E-state index contributed by atoms with van der Waals surface area (Å²) in [5.74, 6) is 0. The van der Waals surface area contributed by atoms with Gasteiger partial charge in [0.25, 0.3) is 0 Å². The minimum atomic E-state index is 0.915. The monoisotopic (exact) mass is 472 g/mol. The van der Waals surface area contributed by atoms with E-state index in [1.807, 2.05) is 12.1 Å². The Hall–Kier alpha value is -4.82. The first-order valence-corrected chi connectivity index (χ1v) is 12.7. The maximum Gasteiger partial charge on any atom is 0.143 e. The number of hydrogen-bond donors (Lipinski definition) is 0. The molecule has 2 aromatic heterocycles. The van der Waals surface area contributed by atoms with E-state index in [4.69, 9.17) is 8.83 Å². The fourth-order valence-corrected chi connectivity index (χ4v) is 6.45. The lowest BCUT2D eigenvalue weighted by molar-refractivity contribution is 0.670. The van der Waals surface area contributed by atoms with Gasteiger partial charge in [-0.05, 0) is 46.2 Å². The number of furan rings is 2. The van der Waals surface area contributed by atoms with E-state index in [9.17, 15) is 0 Å². The van der Waals surface area contributed by atoms with Crippen molar-refractivity contribution >= 4 is 54.6 Å². The second-order valence-electron chi connectivity index (χ2n) is 10.0. The maximum absolute atomic E-state index is 6.77. The zero-order valence-corrected chi connectivity index (χ0v) is 19.9. The molecule has 37 heavy (non-hydrogen) atoms. The summed E-state index contributed by atoms with van der Waals surface area (Å²) < 4.78 is 13.2. The Kier molecular flexibility index (Phi) is 3.61. The summed E-state index contributed by atoms with van der Waals surface area (Å²) in [5, 5.41) is 6.88. The smallest absolute Gasteiger partial charge is 0.143 e. The number of benzene rings is 6. The lowest BCUT2D eigenvalue weighted by Gasteiger charge is -2.09. The minimum absolute atomic E-state index is 0.915. The predicted molar refractivity (Wildman–Crippen MR) is 152 cm³/mol. The highest BCUT2D eigenvalue weighted by Crippen LogP contribution is 2.47. The van der Waals surface area contributed by atoms with Gasteiger partial charge in [-0.1, -0.05) is 97.1 Å². The number of hydrogen-bond acceptors (Lipinski definition) is 2. The zero-order chi connectivity index (χ0) is 24.1. The van der Waals surface area contributed by atoms with Gasteiger partial charge in [-0.15, -0.1) is 0 Å². The molecule has 0 saturated heterocycles. The third kappa shape index (κ3) is 2.49. The number of fused-ring (bicyclic) bond motifs is 12. The highest BCUT2D eigenvalue weighted by Gasteiger charge is 2.25. The molecule has 6 aromatic carbocycles. The van der Waals surface area contributed by atoms with Crippen molar-refractivity contribution in [3.05, 3.63) is 120 Å². The first-order chi connectivity index (χ1) is 18.3. The largest absolute Gasteiger partial charge is 0.455 e. The normalized spacial score (nSPS) is 12.8. The Labute approximate surface area is 212 Å². The SMILES string of the molecule is c1ccc2c(c1)Cc1ccc3c(oc4c5ccccc5c(-c5cccc6c5oc5ccccc56)cc34)c1-2. The minimum Gasteiger partial charge on any atom is -0.455 e. The van der Waals surface area contributed by atoms with Crippen LogP contribution in [0.1, 0.15) is 11.1 Å². The molecule has 172 valence electrons. The molecule has 0 atom stereocenters. The molecule has 0 N–H and O–H groups in total. The Balaban J connectivity index is 1.42. The Morgan fingerprint density at radius 3 is 2.05 bits per heavy atom. The predicted octanol–water partition coefficient (Wildman–Crippen LogP) is 9.88. The van der Waals surface area contributed by atoms with Crippen molar-refractivity contribution in [2.75, 3.05) is 0 Å². The van der Waals surface area contributed by atoms with Gasteiger partial charge >= 0.3 is 0 Å². The first-order valence-electron chi connectivity index (χ1n) is 12.7. The maximum atomic E-state index is 6.77. The molecule has 1 aliphatic rings. The molecule has 1 aliphatic carbocycles. The summed E-state index contributed by atoms with van der Waals surface area (Å²) in [4.78, 5) is 0. The first kappa shape index (κ1) is 19.4. The quantitative estimate of drug-likeness (QED) is 0.238. The van der Waals surface area contributed by atoms with Crippen LogP contribution in [-0.2, 0) is 6.42 Å². The van der Waals surface area contributed by atoms with E-state index < -0.39 is 0 Å². The van der Waals surface area contributed by atoms with Gasteiger partial charge in [-0.2, -0.15) is 0 Å². The molecule has 2 heterocycles. The second-order valence-corrected chi connectivity index (χ2v) is 10.0. The zero-order valence-electron chi connectivity index (χ0n) is 19.9. The van der Waals surface area contributed by atoms with E-state index in [0.717, 1.165) is 66.8 Å². The van der Waals surface area contributed by atoms with Crippen LogP contribution in [-0.4, -0.2) is 0 Å². The summed E-state index contributed by atoms with van der Waals surface area (Å²) >= 11 is 0. The molecule has 0 amide bonds. The van der Waals surface area contributed by atoms with Gasteiger partial charge in [0.1, 0.15) is 22.3 Å². The van der Waals surface area contributed by atoms with Gasteiger partial charge in [-0.3, -0.25) is 0 Å². The van der Waals surface area contributed by atoms with Crippen LogP contribution in [0, 0.1) is 0 Å². The van der Waals surface area contributed by atoms with Crippen molar-refractivity contribution in [3.8, 4) is 22.3 Å². The van der Waals surface area contributed by atoms with Gasteiger partial charge in [-0.25, -0.2) is 0 Å². The van der Waals surface area contributed by atoms with Gasteiger partial charge in [0.2, 0.25) is 0 Å². The molecule has 0 bridgehead atoms. The van der Waals surface area contributed by atoms with E-state index in [1.165, 1.54) is 27.6 Å². The van der Waals surface area contributed by atoms with Crippen LogP contribution in [0.4, 0.5) is 0 Å². The summed E-state index contributed by atoms with van der Waals surface area (Å²) in [7, 11) is 0. The van der Waals surface area contributed by atoms with E-state index in [2.05, 4.69) is 97.1 Å². The van der Waals surface area contributed by atoms with Crippen molar-refractivity contribution < 1.29 is 8.83 Å². The third-order valence-electron chi connectivity index (χ3n) is 8.10. The Morgan fingerprint density at radius 1 is 0.405 bits per heavy atom. The van der Waals surface area contributed by atoms with E-state index in [-0.39, 0.29) is 0 Å². The van der Waals surface area contributed by atoms with Gasteiger partial charge in [0.15, 0.2) is 0 Å². The fourth-order valence-electron chi connectivity index (χ4n) is 6.45. The molecule has 0 aliphatic heterocycles. The van der Waals surface area contributed by atoms with Crippen molar-refractivity contribution in [2.24, 2.45) is 0 Å². The van der Waals surface area contributed by atoms with Crippen LogP contribution in [0.5, 0.6) is 0 Å². The van der Waals surface area contributed by atoms with Gasteiger partial charge in [0.05, 0.1) is 0 Å². The van der Waals surface area contributed by atoms with E-state index in [1.54, 1.807) is 0 Å². The highest BCUT2D eigenvalue weighted by molar-refractivity contribution is 6.22. The van der Waals surface area contributed by atoms with Crippen LogP contribution in [0.2, 0.25) is 0 Å². The molecule has 2 heteroatoms. The summed E-state index contributed by atoms with van der Waals surface area (Å²) in [6.07, 6.45) is 0.957. The molecule has 9 rings (SSSR count). The molecule has 0 unspecified atom stereocenters. The fraction of sp³-hybridized carbons (Fsp3) is 0.0286. The molecule has 2 nitrogen and oxygen atoms in total. The van der Waals surface area contributed by atoms with Crippen molar-refractivity contribution in [2.45, 2.75) is 6.42 Å². The lowest BCUT2D eigenvalue weighted by atomic mass is 9.93. The summed E-state index contributed by atoms with van der Waals surface area (Å²) in [6, 6.07) is 38.8. The van der Waals surface area contributed by atoms with Crippen LogP contribution in [0.15, 0.2) is 118 Å². The molecule has 8 aromatic rings. The average molecular weight is 473 g/mol. The van der Waals surface area contributed by atoms with E-state index >= 15 is 0 Å².